The number of benzene rings is 1. The molecule has 0 unspecified atom stereocenters. The van der Waals surface area contributed by atoms with Gasteiger partial charge in [0.25, 0.3) is 0 Å². The summed E-state index contributed by atoms with van der Waals surface area (Å²) >= 11 is 3.44. The molecule has 0 bridgehead atoms. The molecule has 1 aromatic carbocycles. The molecule has 0 spiro atoms. The molecule has 1 aliphatic heterocycles. The van der Waals surface area contributed by atoms with E-state index >= 15 is 0 Å². The molecule has 3 heterocycles. The van der Waals surface area contributed by atoms with Crippen LogP contribution in [0.3, 0.4) is 0 Å². The first-order valence-electron chi connectivity index (χ1n) is 10.9. The molecule has 0 aliphatic carbocycles. The van der Waals surface area contributed by atoms with Gasteiger partial charge in [0.1, 0.15) is 5.75 Å². The highest BCUT2D eigenvalue weighted by Gasteiger charge is 2.22. The molecule has 1 fully saturated rings. The average Bonchev–Trinajstić information content (AvgIpc) is 3.25. The lowest BCUT2D eigenvalue weighted by Crippen LogP contribution is -2.49. The van der Waals surface area contributed by atoms with Crippen molar-refractivity contribution in [3.63, 3.8) is 0 Å². The van der Waals surface area contributed by atoms with E-state index in [1.807, 2.05) is 55.6 Å². The lowest BCUT2D eigenvalue weighted by atomic mass is 10.2. The molecule has 6 nitrogen and oxygen atoms in total. The zero-order valence-electron chi connectivity index (χ0n) is 18.3. The first kappa shape index (κ1) is 22.8. The summed E-state index contributed by atoms with van der Waals surface area (Å²) < 4.78 is 5.59. The summed E-state index contributed by atoms with van der Waals surface area (Å²) in [4.78, 5) is 25.6. The van der Waals surface area contributed by atoms with E-state index in [2.05, 4.69) is 20.2 Å². The van der Waals surface area contributed by atoms with Crippen LogP contribution in [0.2, 0.25) is 0 Å². The third-order valence-corrected chi connectivity index (χ3v) is 7.16. The van der Waals surface area contributed by atoms with Gasteiger partial charge in [0.15, 0.2) is 0 Å². The van der Waals surface area contributed by atoms with E-state index in [0.29, 0.717) is 18.8 Å². The number of hydrogen-bond acceptors (Lipinski definition) is 7. The average molecular weight is 469 g/mol. The minimum absolute atomic E-state index is 0.266. The Bertz CT molecular complexity index is 987. The second-order valence-corrected chi connectivity index (χ2v) is 9.89. The number of ether oxygens (including phenoxy) is 1. The summed E-state index contributed by atoms with van der Waals surface area (Å²) in [7, 11) is 0. The minimum atomic E-state index is -0.266. The SMILES string of the molecule is Cc1nc(CCN2CCN(C(=O)Oc3ccc(CCSc4ccccn4)cc3)CC2)cs1. The number of carbonyl (C=O) groups excluding carboxylic acids is 1. The number of thioether (sulfide) groups is 1. The van der Waals surface area contributed by atoms with Crippen LogP contribution in [0.4, 0.5) is 4.79 Å². The van der Waals surface area contributed by atoms with Crippen molar-refractivity contribution in [1.29, 1.82) is 0 Å². The molecule has 0 atom stereocenters. The van der Waals surface area contributed by atoms with Crippen molar-refractivity contribution in [1.82, 2.24) is 19.8 Å². The van der Waals surface area contributed by atoms with Gasteiger partial charge in [-0.3, -0.25) is 4.90 Å². The third-order valence-electron chi connectivity index (χ3n) is 5.39. The van der Waals surface area contributed by atoms with Crippen molar-refractivity contribution >= 4 is 29.2 Å². The Morgan fingerprint density at radius 1 is 1.09 bits per heavy atom. The molecule has 0 N–H and O–H groups in total. The van der Waals surface area contributed by atoms with Crippen LogP contribution < -0.4 is 4.74 Å². The van der Waals surface area contributed by atoms with Crippen LogP contribution in [-0.2, 0) is 12.8 Å². The summed E-state index contributed by atoms with van der Waals surface area (Å²) in [5.74, 6) is 1.56. The van der Waals surface area contributed by atoms with E-state index in [-0.39, 0.29) is 6.09 Å². The Labute approximate surface area is 197 Å². The minimum Gasteiger partial charge on any atom is -0.410 e. The third kappa shape index (κ3) is 6.79. The topological polar surface area (TPSA) is 58.6 Å². The molecule has 8 heteroatoms. The van der Waals surface area contributed by atoms with Crippen LogP contribution in [0.1, 0.15) is 16.3 Å². The first-order chi connectivity index (χ1) is 15.7. The second-order valence-electron chi connectivity index (χ2n) is 7.71. The summed E-state index contributed by atoms with van der Waals surface area (Å²) in [6.07, 6.45) is 3.45. The van der Waals surface area contributed by atoms with Crippen LogP contribution in [0, 0.1) is 6.92 Å². The quantitative estimate of drug-likeness (QED) is 0.453. The molecule has 1 aliphatic rings. The molecule has 4 rings (SSSR count). The summed E-state index contributed by atoms with van der Waals surface area (Å²) in [5.41, 5.74) is 2.38. The number of thiazole rings is 1. The number of piperazine rings is 1. The fraction of sp³-hybridized carbons (Fsp3) is 0.375. The van der Waals surface area contributed by atoms with Gasteiger partial charge in [0, 0.05) is 56.5 Å². The molecule has 0 saturated carbocycles. The van der Waals surface area contributed by atoms with E-state index < -0.39 is 0 Å². The summed E-state index contributed by atoms with van der Waals surface area (Å²) in [6, 6.07) is 13.8. The normalized spacial score (nSPS) is 14.5. The molecule has 32 heavy (non-hydrogen) atoms. The van der Waals surface area contributed by atoms with Gasteiger partial charge in [-0.1, -0.05) is 18.2 Å². The number of rotatable bonds is 8. The fourth-order valence-corrected chi connectivity index (χ4v) is 5.05. The molecule has 1 saturated heterocycles. The van der Waals surface area contributed by atoms with E-state index in [4.69, 9.17) is 4.74 Å². The van der Waals surface area contributed by atoms with Crippen LogP contribution in [0.25, 0.3) is 0 Å². The van der Waals surface area contributed by atoms with Gasteiger partial charge in [0.05, 0.1) is 15.7 Å². The van der Waals surface area contributed by atoms with Crippen molar-refractivity contribution in [3.05, 3.63) is 70.3 Å². The highest BCUT2D eigenvalue weighted by molar-refractivity contribution is 7.99. The van der Waals surface area contributed by atoms with E-state index in [0.717, 1.165) is 54.0 Å². The number of hydrogen-bond donors (Lipinski definition) is 0. The standard InChI is InChI=1S/C24H28N4O2S2/c1-19-26-21(18-32-19)9-12-27-13-15-28(16-14-27)24(29)30-22-7-5-20(6-8-22)10-17-31-23-4-2-3-11-25-23/h2-8,11,18H,9-10,12-17H2,1H3. The van der Waals surface area contributed by atoms with Crippen molar-refractivity contribution in [2.75, 3.05) is 38.5 Å². The summed E-state index contributed by atoms with van der Waals surface area (Å²) in [6.45, 7) is 6.13. The zero-order valence-corrected chi connectivity index (χ0v) is 19.9. The molecular weight excluding hydrogens is 440 g/mol. The highest BCUT2D eigenvalue weighted by Crippen LogP contribution is 2.19. The van der Waals surface area contributed by atoms with Gasteiger partial charge < -0.3 is 9.64 Å². The van der Waals surface area contributed by atoms with Crippen molar-refractivity contribution < 1.29 is 9.53 Å². The molecule has 1 amide bonds. The monoisotopic (exact) mass is 468 g/mol. The van der Waals surface area contributed by atoms with Gasteiger partial charge in [-0.2, -0.15) is 0 Å². The largest absolute Gasteiger partial charge is 0.415 e. The smallest absolute Gasteiger partial charge is 0.410 e. The van der Waals surface area contributed by atoms with Gasteiger partial charge in [-0.15, -0.1) is 23.1 Å². The Morgan fingerprint density at radius 3 is 2.59 bits per heavy atom. The Kier molecular flexibility index (Phi) is 8.14. The van der Waals surface area contributed by atoms with Crippen LogP contribution in [-0.4, -0.2) is 64.3 Å². The number of amides is 1. The molecule has 3 aromatic rings. The highest BCUT2D eigenvalue weighted by atomic mass is 32.2. The number of pyridine rings is 1. The number of carbonyl (C=O) groups is 1. The van der Waals surface area contributed by atoms with Crippen LogP contribution >= 0.6 is 23.1 Å². The number of aromatic nitrogens is 2. The predicted octanol–water partition coefficient (Wildman–Crippen LogP) is 4.54. The Morgan fingerprint density at radius 2 is 1.91 bits per heavy atom. The van der Waals surface area contributed by atoms with Gasteiger partial charge in [0.2, 0.25) is 0 Å². The van der Waals surface area contributed by atoms with Crippen LogP contribution in [0.15, 0.2) is 59.1 Å². The van der Waals surface area contributed by atoms with Crippen LogP contribution in [0.5, 0.6) is 5.75 Å². The van der Waals surface area contributed by atoms with E-state index in [1.54, 1.807) is 28.0 Å². The molecule has 2 aromatic heterocycles. The molecule has 0 radical (unpaired) electrons. The first-order valence-corrected chi connectivity index (χ1v) is 12.7. The van der Waals surface area contributed by atoms with E-state index in [9.17, 15) is 4.79 Å². The Hall–Kier alpha value is -2.42. The Balaban J connectivity index is 1.16. The van der Waals surface area contributed by atoms with Gasteiger partial charge >= 0.3 is 6.09 Å². The van der Waals surface area contributed by atoms with Crippen molar-refractivity contribution in [2.45, 2.75) is 24.8 Å². The molecular formula is C24H28N4O2S2. The maximum atomic E-state index is 12.5. The van der Waals surface area contributed by atoms with Crippen molar-refractivity contribution in [2.24, 2.45) is 0 Å². The lowest BCUT2D eigenvalue weighted by molar-refractivity contribution is 0.111. The zero-order chi connectivity index (χ0) is 22.2. The van der Waals surface area contributed by atoms with Gasteiger partial charge in [-0.25, -0.2) is 14.8 Å². The van der Waals surface area contributed by atoms with E-state index in [1.165, 1.54) is 5.56 Å². The maximum Gasteiger partial charge on any atom is 0.415 e. The predicted molar refractivity (Wildman–Crippen MR) is 130 cm³/mol. The van der Waals surface area contributed by atoms with Crippen molar-refractivity contribution in [3.8, 4) is 5.75 Å². The lowest BCUT2D eigenvalue weighted by Gasteiger charge is -2.33. The number of aryl methyl sites for hydroxylation is 2. The fourth-order valence-electron chi connectivity index (χ4n) is 3.55. The number of nitrogens with zero attached hydrogens (tertiary/aromatic N) is 4. The maximum absolute atomic E-state index is 12.5. The second kappa shape index (κ2) is 11.4. The van der Waals surface area contributed by atoms with Gasteiger partial charge in [-0.05, 0) is 43.2 Å². The summed E-state index contributed by atoms with van der Waals surface area (Å²) in [5, 5.41) is 4.29. The molecule has 168 valence electrons.